The Hall–Kier alpha value is -3.86. The molecule has 0 saturated carbocycles. The number of carbonyl (C=O) groups is 1. The van der Waals surface area contributed by atoms with Crippen molar-refractivity contribution in [3.8, 4) is 5.75 Å². The van der Waals surface area contributed by atoms with Gasteiger partial charge in [0.2, 0.25) is 0 Å². The van der Waals surface area contributed by atoms with Crippen LogP contribution in [0.15, 0.2) is 66.7 Å². The fraction of sp³-hybridized carbons (Fsp3) is 0.214. The fourth-order valence-corrected chi connectivity index (χ4v) is 4.50. The number of carbonyl (C=O) groups excluding carboxylic acids is 1. The maximum Gasteiger partial charge on any atom is 0.255 e. The minimum Gasteiger partial charge on any atom is -0.495 e. The van der Waals surface area contributed by atoms with Crippen molar-refractivity contribution in [1.82, 2.24) is 4.98 Å². The molecule has 1 aromatic heterocycles. The predicted molar refractivity (Wildman–Crippen MR) is 134 cm³/mol. The third-order valence-electron chi connectivity index (χ3n) is 6.29. The number of hydrogen-bond donors (Lipinski definition) is 2. The van der Waals surface area contributed by atoms with Crippen molar-refractivity contribution in [3.05, 3.63) is 89.1 Å². The fourth-order valence-electron chi connectivity index (χ4n) is 4.50. The van der Waals surface area contributed by atoms with E-state index in [2.05, 4.69) is 10.6 Å². The van der Waals surface area contributed by atoms with Crippen LogP contribution in [0.3, 0.4) is 0 Å². The van der Waals surface area contributed by atoms with Crippen molar-refractivity contribution in [2.24, 2.45) is 0 Å². The highest BCUT2D eigenvalue weighted by Gasteiger charge is 2.20. The van der Waals surface area contributed by atoms with E-state index in [1.807, 2.05) is 73.7 Å². The number of anilines is 3. The van der Waals surface area contributed by atoms with Gasteiger partial charge in [-0.2, -0.15) is 0 Å². The molecule has 3 aromatic carbocycles. The number of aryl methyl sites for hydroxylation is 2. The molecule has 5 heteroatoms. The number of aromatic nitrogens is 1. The Morgan fingerprint density at radius 2 is 1.70 bits per heavy atom. The van der Waals surface area contributed by atoms with Crippen LogP contribution in [0.2, 0.25) is 0 Å². The molecule has 0 spiro atoms. The van der Waals surface area contributed by atoms with Gasteiger partial charge in [-0.1, -0.05) is 30.3 Å². The molecular formula is C28H27N3O2. The molecule has 0 fully saturated rings. The normalized spacial score (nSPS) is 12.8. The SMILES string of the molecule is COc1ccccc1Nc1c2c(nc3cc(C(=O)Nc4ccccc4C)ccc13)CCCC2. The van der Waals surface area contributed by atoms with Crippen molar-refractivity contribution in [3.63, 3.8) is 0 Å². The van der Waals surface area contributed by atoms with Crippen LogP contribution in [0.25, 0.3) is 10.9 Å². The molecule has 0 bridgehead atoms. The molecule has 4 aromatic rings. The first kappa shape index (κ1) is 21.0. The Morgan fingerprint density at radius 1 is 0.939 bits per heavy atom. The molecule has 5 rings (SSSR count). The standard InChI is InChI=1S/C28H27N3O2/c1-18-9-3-5-11-22(18)31-28(32)19-15-16-21-25(17-19)29-23-12-6-4-10-20(23)27(21)30-24-13-7-8-14-26(24)33-2/h3,5,7-9,11,13-17H,4,6,10,12H2,1-2H3,(H,29,30)(H,31,32). The molecular weight excluding hydrogens is 410 g/mol. The summed E-state index contributed by atoms with van der Waals surface area (Å²) in [5.74, 6) is 0.659. The Morgan fingerprint density at radius 3 is 2.52 bits per heavy atom. The summed E-state index contributed by atoms with van der Waals surface area (Å²) in [5.41, 5.74) is 7.62. The lowest BCUT2D eigenvalue weighted by molar-refractivity contribution is 0.102. The zero-order chi connectivity index (χ0) is 22.8. The summed E-state index contributed by atoms with van der Waals surface area (Å²) < 4.78 is 5.56. The number of ether oxygens (including phenoxy) is 1. The Kier molecular flexibility index (Phi) is 5.69. The summed E-state index contributed by atoms with van der Waals surface area (Å²) in [6.07, 6.45) is 4.22. The van der Waals surface area contributed by atoms with Crippen LogP contribution in [0, 0.1) is 6.92 Å². The average molecular weight is 438 g/mol. The molecule has 1 heterocycles. The zero-order valence-electron chi connectivity index (χ0n) is 18.9. The van der Waals surface area contributed by atoms with Gasteiger partial charge in [-0.15, -0.1) is 0 Å². The number of benzene rings is 3. The molecule has 0 radical (unpaired) electrons. The summed E-state index contributed by atoms with van der Waals surface area (Å²) >= 11 is 0. The van der Waals surface area contributed by atoms with Crippen LogP contribution < -0.4 is 15.4 Å². The van der Waals surface area contributed by atoms with Crippen LogP contribution >= 0.6 is 0 Å². The quantitative estimate of drug-likeness (QED) is 0.378. The first-order valence-corrected chi connectivity index (χ1v) is 11.4. The molecule has 0 unspecified atom stereocenters. The van der Waals surface area contributed by atoms with Crippen molar-refractivity contribution < 1.29 is 9.53 Å². The van der Waals surface area contributed by atoms with Crippen LogP contribution in [0.4, 0.5) is 17.1 Å². The second kappa shape index (κ2) is 8.94. The van der Waals surface area contributed by atoms with Gasteiger partial charge < -0.3 is 15.4 Å². The van der Waals surface area contributed by atoms with E-state index < -0.39 is 0 Å². The minimum atomic E-state index is -0.134. The van der Waals surface area contributed by atoms with Crippen molar-refractivity contribution in [1.29, 1.82) is 0 Å². The largest absolute Gasteiger partial charge is 0.495 e. The minimum absolute atomic E-state index is 0.134. The van der Waals surface area contributed by atoms with Crippen LogP contribution in [0.1, 0.15) is 40.0 Å². The highest BCUT2D eigenvalue weighted by Crippen LogP contribution is 2.37. The smallest absolute Gasteiger partial charge is 0.255 e. The number of hydrogen-bond acceptors (Lipinski definition) is 4. The van der Waals surface area contributed by atoms with E-state index in [4.69, 9.17) is 9.72 Å². The van der Waals surface area contributed by atoms with E-state index in [0.717, 1.165) is 70.7 Å². The number of rotatable bonds is 5. The number of para-hydroxylation sites is 3. The topological polar surface area (TPSA) is 63.2 Å². The molecule has 0 saturated heterocycles. The van der Waals surface area contributed by atoms with Gasteiger partial charge in [0.05, 0.1) is 24.0 Å². The summed E-state index contributed by atoms with van der Waals surface area (Å²) in [6.45, 7) is 1.99. The summed E-state index contributed by atoms with van der Waals surface area (Å²) in [6, 6.07) is 21.5. The number of methoxy groups -OCH3 is 1. The number of pyridine rings is 1. The van der Waals surface area contributed by atoms with Gasteiger partial charge in [-0.05, 0) is 80.1 Å². The first-order valence-electron chi connectivity index (χ1n) is 11.4. The number of nitrogens with zero attached hydrogens (tertiary/aromatic N) is 1. The van der Waals surface area contributed by atoms with Crippen molar-refractivity contribution in [2.75, 3.05) is 17.7 Å². The van der Waals surface area contributed by atoms with Crippen LogP contribution in [-0.4, -0.2) is 18.0 Å². The Balaban J connectivity index is 1.57. The molecule has 166 valence electrons. The molecule has 1 amide bonds. The van der Waals surface area contributed by atoms with E-state index in [1.54, 1.807) is 7.11 Å². The van der Waals surface area contributed by atoms with E-state index in [1.165, 1.54) is 5.56 Å². The van der Waals surface area contributed by atoms with E-state index in [-0.39, 0.29) is 5.91 Å². The molecule has 1 aliphatic carbocycles. The second-order valence-corrected chi connectivity index (χ2v) is 8.45. The molecule has 0 atom stereocenters. The van der Waals surface area contributed by atoms with Crippen molar-refractivity contribution in [2.45, 2.75) is 32.6 Å². The third-order valence-corrected chi connectivity index (χ3v) is 6.29. The number of nitrogens with one attached hydrogen (secondary N) is 2. The molecule has 1 aliphatic rings. The lowest BCUT2D eigenvalue weighted by Crippen LogP contribution is -2.13. The van der Waals surface area contributed by atoms with E-state index in [9.17, 15) is 4.79 Å². The zero-order valence-corrected chi connectivity index (χ0v) is 18.9. The van der Waals surface area contributed by atoms with E-state index in [0.29, 0.717) is 5.56 Å². The van der Waals surface area contributed by atoms with Gasteiger partial charge in [0.15, 0.2) is 0 Å². The average Bonchev–Trinajstić information content (AvgIpc) is 2.85. The van der Waals surface area contributed by atoms with Crippen molar-refractivity contribution >= 4 is 33.9 Å². The maximum absolute atomic E-state index is 13.0. The van der Waals surface area contributed by atoms with Crippen LogP contribution in [-0.2, 0) is 12.8 Å². The van der Waals surface area contributed by atoms with Gasteiger partial charge in [-0.25, -0.2) is 0 Å². The molecule has 5 nitrogen and oxygen atoms in total. The number of amides is 1. The Labute approximate surface area is 193 Å². The molecule has 0 aliphatic heterocycles. The second-order valence-electron chi connectivity index (χ2n) is 8.45. The molecule has 33 heavy (non-hydrogen) atoms. The molecule has 2 N–H and O–H groups in total. The summed E-state index contributed by atoms with van der Waals surface area (Å²) in [4.78, 5) is 18.0. The van der Waals surface area contributed by atoms with Gasteiger partial charge in [0, 0.05) is 22.3 Å². The summed E-state index contributed by atoms with van der Waals surface area (Å²) in [5, 5.41) is 7.66. The van der Waals surface area contributed by atoms with Gasteiger partial charge in [0.25, 0.3) is 5.91 Å². The van der Waals surface area contributed by atoms with Gasteiger partial charge >= 0.3 is 0 Å². The van der Waals surface area contributed by atoms with E-state index >= 15 is 0 Å². The van der Waals surface area contributed by atoms with Gasteiger partial charge in [-0.3, -0.25) is 9.78 Å². The highest BCUT2D eigenvalue weighted by molar-refractivity contribution is 6.07. The van der Waals surface area contributed by atoms with Gasteiger partial charge in [0.1, 0.15) is 5.75 Å². The first-order chi connectivity index (χ1) is 16.1. The highest BCUT2D eigenvalue weighted by atomic mass is 16.5. The Bertz CT molecular complexity index is 1350. The predicted octanol–water partition coefficient (Wildman–Crippen LogP) is 6.43. The third kappa shape index (κ3) is 4.14. The maximum atomic E-state index is 13.0. The monoisotopic (exact) mass is 437 g/mol. The number of fused-ring (bicyclic) bond motifs is 2. The van der Waals surface area contributed by atoms with Crippen LogP contribution in [0.5, 0.6) is 5.75 Å². The lowest BCUT2D eigenvalue weighted by Gasteiger charge is -2.22. The summed E-state index contributed by atoms with van der Waals surface area (Å²) in [7, 11) is 1.68. The lowest BCUT2D eigenvalue weighted by atomic mass is 9.92.